The van der Waals surface area contributed by atoms with Gasteiger partial charge in [-0.1, -0.05) is 123 Å². The summed E-state index contributed by atoms with van der Waals surface area (Å²) in [5, 5.41) is 5.49. The van der Waals surface area contributed by atoms with Crippen LogP contribution in [0.4, 0.5) is 0 Å². The van der Waals surface area contributed by atoms with E-state index in [4.69, 9.17) is 0 Å². The van der Waals surface area contributed by atoms with E-state index in [1.165, 1.54) is 115 Å². The third-order valence-corrected chi connectivity index (χ3v) is 15.9. The van der Waals surface area contributed by atoms with Crippen LogP contribution in [0.25, 0.3) is 43.8 Å². The fraction of sp³-hybridized carbons (Fsp3) is 0.333. The van der Waals surface area contributed by atoms with E-state index in [0.717, 1.165) is 6.42 Å². The molecule has 4 heteroatoms. The average Bonchev–Trinajstić information content (AvgIpc) is 3.67. The minimum absolute atomic E-state index is 0. The molecule has 0 heterocycles. The van der Waals surface area contributed by atoms with Crippen molar-refractivity contribution >= 4 is 27.0 Å². The molecule has 0 bridgehead atoms. The average molecular weight is 785 g/mol. The van der Waals surface area contributed by atoms with Crippen LogP contribution >= 0.6 is 0 Å². The molecule has 0 saturated heterocycles. The van der Waals surface area contributed by atoms with Crippen molar-refractivity contribution in [2.45, 2.75) is 99.6 Å². The molecule has 0 aliphatic rings. The molecule has 0 aliphatic heterocycles. The molecule has 0 aromatic heterocycles. The number of benzene rings is 4. The third kappa shape index (κ3) is 11.9. The van der Waals surface area contributed by atoms with Gasteiger partial charge in [0.15, 0.2) is 0 Å². The zero-order valence-corrected chi connectivity index (χ0v) is 35.9. The number of halogens is 2. The zero-order chi connectivity index (χ0) is 33.9. The predicted octanol–water partition coefficient (Wildman–Crippen LogP) is 7.42. The molecule has 6 aromatic rings. The monoisotopic (exact) mass is 782 g/mol. The van der Waals surface area contributed by atoms with Crippen LogP contribution in [0.1, 0.15) is 80.8 Å². The summed E-state index contributed by atoms with van der Waals surface area (Å²) < 4.78 is 0. The maximum Gasteiger partial charge on any atom is -1.00 e. The normalized spacial score (nSPS) is 10.4. The number of rotatable bonds is 9. The van der Waals surface area contributed by atoms with Crippen LogP contribution in [-0.4, -0.2) is 5.43 Å². The van der Waals surface area contributed by atoms with Crippen molar-refractivity contribution in [3.8, 4) is 22.3 Å². The van der Waals surface area contributed by atoms with Crippen LogP contribution in [-0.2, 0) is 42.6 Å². The minimum atomic E-state index is 0. The van der Waals surface area contributed by atoms with E-state index in [0.29, 0.717) is 0 Å². The number of hydrogen-bond donors (Lipinski definition) is 0. The van der Waals surface area contributed by atoms with E-state index in [2.05, 4.69) is 152 Å². The maximum absolute atomic E-state index is 2.35. The Balaban J connectivity index is 0.000000283. The molecular formula is C45H54Cl2SiZr-2. The summed E-state index contributed by atoms with van der Waals surface area (Å²) in [4.78, 5) is 0. The molecule has 6 aromatic carbocycles. The van der Waals surface area contributed by atoms with Gasteiger partial charge in [0.1, 0.15) is 0 Å². The molecule has 0 amide bonds. The summed E-state index contributed by atoms with van der Waals surface area (Å²) in [6.07, 6.45) is 5.84. The van der Waals surface area contributed by atoms with Crippen molar-refractivity contribution in [2.24, 2.45) is 0 Å². The number of hydrogen-bond acceptors (Lipinski definition) is 0. The van der Waals surface area contributed by atoms with E-state index in [1.807, 2.05) is 0 Å². The van der Waals surface area contributed by atoms with Gasteiger partial charge < -0.3 is 24.8 Å². The Morgan fingerprint density at radius 1 is 0.551 bits per heavy atom. The molecule has 0 atom stereocenters. The molecule has 0 unspecified atom stereocenters. The quantitative estimate of drug-likeness (QED) is 0.106. The van der Waals surface area contributed by atoms with Crippen LogP contribution in [0.5, 0.6) is 0 Å². The summed E-state index contributed by atoms with van der Waals surface area (Å²) in [5.41, 5.74) is 13.9. The van der Waals surface area contributed by atoms with Crippen LogP contribution < -0.4 is 24.8 Å². The zero-order valence-electron chi connectivity index (χ0n) is 30.9. The molecule has 0 aliphatic carbocycles. The molecule has 6 rings (SSSR count). The molecule has 0 N–H and O–H groups in total. The molecule has 0 nitrogen and oxygen atoms in total. The number of aryl methyl sites for hydroxylation is 6. The van der Waals surface area contributed by atoms with Crippen molar-refractivity contribution in [2.75, 3.05) is 0 Å². The first-order chi connectivity index (χ1) is 22.7. The van der Waals surface area contributed by atoms with Gasteiger partial charge in [0, 0.05) is 0 Å². The SMILES string of the molecule is CCCc1ccc(-c2cc(C)cc3[cH-]c(C)cc23)cc1.CCCc1ccc(-c2cc(C)cc3[cH-]c(CC)cc23)cc1.CC[Si](=[Zr+2])CC.[Cl-].[Cl-]. The van der Waals surface area contributed by atoms with Crippen molar-refractivity contribution in [3.63, 3.8) is 0 Å². The van der Waals surface area contributed by atoms with Gasteiger partial charge in [-0.05, 0) is 55.4 Å². The Morgan fingerprint density at radius 2 is 0.980 bits per heavy atom. The summed E-state index contributed by atoms with van der Waals surface area (Å²) >= 11 is 1.80. The van der Waals surface area contributed by atoms with E-state index < -0.39 is 0 Å². The fourth-order valence-electron chi connectivity index (χ4n) is 6.36. The predicted molar refractivity (Wildman–Crippen MR) is 208 cm³/mol. The van der Waals surface area contributed by atoms with Gasteiger partial charge in [0.05, 0.1) is 0 Å². The Labute approximate surface area is 325 Å². The first-order valence-electron chi connectivity index (χ1n) is 17.8. The van der Waals surface area contributed by atoms with Gasteiger partial charge in [0.25, 0.3) is 0 Å². The molecule has 0 fully saturated rings. The molecule has 0 spiro atoms. The van der Waals surface area contributed by atoms with E-state index >= 15 is 0 Å². The van der Waals surface area contributed by atoms with Crippen molar-refractivity contribution in [1.82, 2.24) is 0 Å². The molecule has 0 saturated carbocycles. The Kier molecular flexibility index (Phi) is 18.6. The van der Waals surface area contributed by atoms with Gasteiger partial charge in [-0.3, -0.25) is 0 Å². The Bertz CT molecular complexity index is 1890. The van der Waals surface area contributed by atoms with E-state index in [-0.39, 0.29) is 30.2 Å². The largest absolute Gasteiger partial charge is 1.00 e. The smallest absolute Gasteiger partial charge is 1.00 e. The summed E-state index contributed by atoms with van der Waals surface area (Å²) in [5.74, 6) is 0. The Morgan fingerprint density at radius 3 is 1.37 bits per heavy atom. The van der Waals surface area contributed by atoms with Crippen LogP contribution in [0.3, 0.4) is 0 Å². The van der Waals surface area contributed by atoms with Crippen LogP contribution in [0, 0.1) is 20.8 Å². The first-order valence-corrected chi connectivity index (χ1v) is 23.4. The van der Waals surface area contributed by atoms with Crippen molar-refractivity contribution in [3.05, 3.63) is 130 Å². The maximum atomic E-state index is 2.35. The Hall–Kier alpha value is -2.22. The van der Waals surface area contributed by atoms with Crippen LogP contribution in [0.15, 0.2) is 97.1 Å². The molecule has 49 heavy (non-hydrogen) atoms. The van der Waals surface area contributed by atoms with Gasteiger partial charge in [-0.15, -0.1) is 56.9 Å². The van der Waals surface area contributed by atoms with Gasteiger partial charge in [-0.25, -0.2) is 0 Å². The summed E-state index contributed by atoms with van der Waals surface area (Å²) in [7, 11) is 0. The second-order valence-electron chi connectivity index (χ2n) is 13.1. The van der Waals surface area contributed by atoms with E-state index in [9.17, 15) is 0 Å². The van der Waals surface area contributed by atoms with Crippen molar-refractivity contribution < 1.29 is 48.1 Å². The standard InChI is InChI=1S/C21H23.C20H21.C4H10Si.2ClH.Zr/c1-4-6-17-7-9-18(10-8-17)20-12-15(3)11-19-13-16(5-2)14-21(19)20;1-4-5-16-6-8-17(9-7-16)19-12-14(2)10-18-11-15(3)13-20(18)19;1-3-5-4-2;;;/h7-14H,4-6H2,1-3H3;6-13H,4-5H2,1-3H3;3-4H2,1-2H3;2*1H;/q2*-1;;;;+2/p-2. The van der Waals surface area contributed by atoms with Crippen LogP contribution in [0.2, 0.25) is 12.1 Å². The molecule has 258 valence electrons. The minimum Gasteiger partial charge on any atom is -1.00 e. The van der Waals surface area contributed by atoms with Crippen molar-refractivity contribution in [1.29, 1.82) is 0 Å². The first kappa shape index (κ1) is 42.9. The molecular weight excluding hydrogens is 731 g/mol. The van der Waals surface area contributed by atoms with E-state index in [1.54, 1.807) is 23.3 Å². The van der Waals surface area contributed by atoms with Gasteiger partial charge in [0.2, 0.25) is 0 Å². The second-order valence-corrected chi connectivity index (χ2v) is 20.9. The van der Waals surface area contributed by atoms with Gasteiger partial charge in [-0.2, -0.15) is 12.1 Å². The number of fused-ring (bicyclic) bond motifs is 2. The second kappa shape index (κ2) is 21.2. The topological polar surface area (TPSA) is 0 Å². The fourth-order valence-corrected chi connectivity index (χ4v) is 6.86. The molecule has 0 radical (unpaired) electrons. The van der Waals surface area contributed by atoms with Gasteiger partial charge >= 0.3 is 54.7 Å². The summed E-state index contributed by atoms with van der Waals surface area (Å²) in [6, 6.07) is 39.5. The third-order valence-electron chi connectivity index (χ3n) is 9.01. The summed E-state index contributed by atoms with van der Waals surface area (Å²) in [6.45, 7) is 17.8.